The second-order valence-electron chi connectivity index (χ2n) is 5.05. The van der Waals surface area contributed by atoms with Gasteiger partial charge in [-0.05, 0) is 31.4 Å². The van der Waals surface area contributed by atoms with Crippen molar-refractivity contribution >= 4 is 0 Å². The first kappa shape index (κ1) is 12.4. The number of benzene rings is 1. The second-order valence-corrected chi connectivity index (χ2v) is 5.05. The van der Waals surface area contributed by atoms with Gasteiger partial charge in [0.2, 0.25) is 11.7 Å². The van der Waals surface area contributed by atoms with Crippen LogP contribution in [0.25, 0.3) is 11.4 Å². The second kappa shape index (κ2) is 5.53. The Morgan fingerprint density at radius 3 is 2.84 bits per heavy atom. The maximum Gasteiger partial charge on any atom is 0.244 e. The highest BCUT2D eigenvalue weighted by atomic mass is 16.5. The predicted octanol–water partition coefficient (Wildman–Crippen LogP) is 3.11. The molecule has 1 fully saturated rings. The molecule has 4 nitrogen and oxygen atoms in total. The van der Waals surface area contributed by atoms with Gasteiger partial charge in [-0.2, -0.15) is 4.98 Å². The van der Waals surface area contributed by atoms with Crippen molar-refractivity contribution in [2.24, 2.45) is 0 Å². The molecule has 2 aromatic rings. The number of rotatable bonds is 4. The van der Waals surface area contributed by atoms with Crippen LogP contribution in [0.2, 0.25) is 0 Å². The summed E-state index contributed by atoms with van der Waals surface area (Å²) in [5, 5.41) is 7.45. The van der Waals surface area contributed by atoms with Crippen LogP contribution in [0, 0.1) is 0 Å². The van der Waals surface area contributed by atoms with Gasteiger partial charge in [-0.15, -0.1) is 0 Å². The molecule has 0 aliphatic carbocycles. The summed E-state index contributed by atoms with van der Waals surface area (Å²) in [5.74, 6) is 1.40. The van der Waals surface area contributed by atoms with Crippen molar-refractivity contribution in [3.63, 3.8) is 0 Å². The molecular weight excluding hydrogens is 238 g/mol. The Morgan fingerprint density at radius 2 is 2.16 bits per heavy atom. The molecule has 3 rings (SSSR count). The topological polar surface area (TPSA) is 51.0 Å². The molecule has 0 unspecified atom stereocenters. The molecule has 0 spiro atoms. The molecule has 1 N–H and O–H groups in total. The summed E-state index contributed by atoms with van der Waals surface area (Å²) in [6.45, 7) is 3.22. The van der Waals surface area contributed by atoms with Gasteiger partial charge < -0.3 is 9.84 Å². The van der Waals surface area contributed by atoms with Gasteiger partial charge in [0, 0.05) is 5.56 Å². The molecule has 1 atom stereocenters. The molecule has 1 aliphatic rings. The van der Waals surface area contributed by atoms with Crippen LogP contribution in [-0.2, 0) is 6.42 Å². The molecule has 0 amide bonds. The largest absolute Gasteiger partial charge is 0.337 e. The summed E-state index contributed by atoms with van der Waals surface area (Å²) in [4.78, 5) is 4.50. The summed E-state index contributed by atoms with van der Waals surface area (Å²) in [7, 11) is 0. The SMILES string of the molecule is CCCc1ccc(-c2noc([C@@H]3CCCN3)n2)cc1. The summed E-state index contributed by atoms with van der Waals surface area (Å²) >= 11 is 0. The zero-order chi connectivity index (χ0) is 13.1. The van der Waals surface area contributed by atoms with Crippen molar-refractivity contribution in [3.8, 4) is 11.4 Å². The van der Waals surface area contributed by atoms with E-state index in [4.69, 9.17) is 4.52 Å². The third-order valence-corrected chi connectivity index (χ3v) is 3.55. The Morgan fingerprint density at radius 1 is 1.32 bits per heavy atom. The van der Waals surface area contributed by atoms with Gasteiger partial charge in [-0.25, -0.2) is 0 Å². The summed E-state index contributed by atoms with van der Waals surface area (Å²) in [5.41, 5.74) is 2.38. The Labute approximate surface area is 113 Å². The van der Waals surface area contributed by atoms with Gasteiger partial charge in [0.1, 0.15) is 0 Å². The third kappa shape index (κ3) is 2.68. The maximum atomic E-state index is 5.36. The van der Waals surface area contributed by atoms with Crippen molar-refractivity contribution in [2.75, 3.05) is 6.54 Å². The highest BCUT2D eigenvalue weighted by Gasteiger charge is 2.22. The highest BCUT2D eigenvalue weighted by Crippen LogP contribution is 2.24. The van der Waals surface area contributed by atoms with Gasteiger partial charge in [-0.3, -0.25) is 0 Å². The molecule has 1 aromatic carbocycles. The van der Waals surface area contributed by atoms with Gasteiger partial charge in [-0.1, -0.05) is 42.8 Å². The van der Waals surface area contributed by atoms with Gasteiger partial charge in [0.05, 0.1) is 6.04 Å². The fraction of sp³-hybridized carbons (Fsp3) is 0.467. The smallest absolute Gasteiger partial charge is 0.244 e. The standard InChI is InChI=1S/C15H19N3O/c1-2-4-11-6-8-12(9-7-11)14-17-15(19-18-14)13-5-3-10-16-13/h6-9,13,16H,2-5,10H2,1H3/t13-/m0/s1. The lowest BCUT2D eigenvalue weighted by Gasteiger charge is -2.01. The number of aryl methyl sites for hydroxylation is 1. The lowest BCUT2D eigenvalue weighted by molar-refractivity contribution is 0.345. The fourth-order valence-corrected chi connectivity index (χ4v) is 2.50. The van der Waals surface area contributed by atoms with Crippen LogP contribution in [0.4, 0.5) is 0 Å². The van der Waals surface area contributed by atoms with Gasteiger partial charge in [0.25, 0.3) is 0 Å². The quantitative estimate of drug-likeness (QED) is 0.914. The first-order chi connectivity index (χ1) is 9.36. The number of hydrogen-bond acceptors (Lipinski definition) is 4. The van der Waals surface area contributed by atoms with Crippen LogP contribution < -0.4 is 5.32 Å². The van der Waals surface area contributed by atoms with Crippen LogP contribution in [-0.4, -0.2) is 16.7 Å². The van der Waals surface area contributed by atoms with Crippen LogP contribution in [0.3, 0.4) is 0 Å². The average molecular weight is 257 g/mol. The first-order valence-corrected chi connectivity index (χ1v) is 7.03. The normalized spacial score (nSPS) is 18.9. The fourth-order valence-electron chi connectivity index (χ4n) is 2.50. The van der Waals surface area contributed by atoms with Gasteiger partial charge in [0.15, 0.2) is 0 Å². The van der Waals surface area contributed by atoms with Crippen molar-refractivity contribution in [1.29, 1.82) is 0 Å². The van der Waals surface area contributed by atoms with Gasteiger partial charge >= 0.3 is 0 Å². The van der Waals surface area contributed by atoms with Crippen LogP contribution in [0.5, 0.6) is 0 Å². The zero-order valence-corrected chi connectivity index (χ0v) is 11.2. The van der Waals surface area contributed by atoms with Crippen LogP contribution in [0.15, 0.2) is 28.8 Å². The van der Waals surface area contributed by atoms with Crippen LogP contribution >= 0.6 is 0 Å². The van der Waals surface area contributed by atoms with E-state index in [0.29, 0.717) is 11.7 Å². The molecule has 2 heterocycles. The number of nitrogens with zero attached hydrogens (tertiary/aromatic N) is 2. The maximum absolute atomic E-state index is 5.36. The minimum Gasteiger partial charge on any atom is -0.337 e. The van der Waals surface area contributed by atoms with Crippen molar-refractivity contribution < 1.29 is 4.52 Å². The molecule has 0 saturated carbocycles. The number of nitrogens with one attached hydrogen (secondary N) is 1. The van der Waals surface area contributed by atoms with E-state index in [1.165, 1.54) is 18.4 Å². The summed E-state index contributed by atoms with van der Waals surface area (Å²) in [6, 6.07) is 8.66. The van der Waals surface area contributed by atoms with E-state index in [-0.39, 0.29) is 6.04 Å². The minimum atomic E-state index is 0.237. The molecule has 100 valence electrons. The third-order valence-electron chi connectivity index (χ3n) is 3.55. The molecule has 1 aromatic heterocycles. The van der Waals surface area contributed by atoms with Crippen molar-refractivity contribution in [2.45, 2.75) is 38.6 Å². The van der Waals surface area contributed by atoms with Crippen molar-refractivity contribution in [1.82, 2.24) is 15.5 Å². The van der Waals surface area contributed by atoms with E-state index >= 15 is 0 Å². The van der Waals surface area contributed by atoms with E-state index < -0.39 is 0 Å². The van der Waals surface area contributed by atoms with E-state index in [1.807, 2.05) is 0 Å². The van der Waals surface area contributed by atoms with Crippen molar-refractivity contribution in [3.05, 3.63) is 35.7 Å². The lowest BCUT2D eigenvalue weighted by Crippen LogP contribution is -2.12. The monoisotopic (exact) mass is 257 g/mol. The lowest BCUT2D eigenvalue weighted by atomic mass is 10.1. The van der Waals surface area contributed by atoms with E-state index in [9.17, 15) is 0 Å². The molecular formula is C15H19N3O. The molecule has 0 radical (unpaired) electrons. The predicted molar refractivity (Wildman–Crippen MR) is 73.7 cm³/mol. The van der Waals surface area contributed by atoms with E-state index in [2.05, 4.69) is 46.6 Å². The molecule has 1 saturated heterocycles. The Kier molecular flexibility index (Phi) is 3.60. The average Bonchev–Trinajstić information content (AvgIpc) is 3.11. The Hall–Kier alpha value is -1.68. The number of aromatic nitrogens is 2. The van der Waals surface area contributed by atoms with Crippen LogP contribution in [0.1, 0.15) is 43.7 Å². The summed E-state index contributed by atoms with van der Waals surface area (Å²) < 4.78 is 5.36. The minimum absolute atomic E-state index is 0.237. The molecule has 19 heavy (non-hydrogen) atoms. The molecule has 1 aliphatic heterocycles. The molecule has 0 bridgehead atoms. The van der Waals surface area contributed by atoms with E-state index in [1.54, 1.807) is 0 Å². The Balaban J connectivity index is 1.77. The number of hydrogen-bond donors (Lipinski definition) is 1. The first-order valence-electron chi connectivity index (χ1n) is 7.03. The highest BCUT2D eigenvalue weighted by molar-refractivity contribution is 5.54. The zero-order valence-electron chi connectivity index (χ0n) is 11.2. The van der Waals surface area contributed by atoms with E-state index in [0.717, 1.165) is 24.9 Å². The Bertz CT molecular complexity index is 527. The molecule has 4 heteroatoms. The summed E-state index contributed by atoms with van der Waals surface area (Å²) in [6.07, 6.45) is 4.54.